The van der Waals surface area contributed by atoms with Crippen molar-refractivity contribution in [3.05, 3.63) is 18.2 Å². The molecule has 0 N–H and O–H groups in total. The molecule has 0 saturated carbocycles. The highest BCUT2D eigenvalue weighted by Gasteiger charge is 2.26. The largest absolute Gasteiger partial charge is 0.492 e. The standard InChI is InChI=1S/C21H24O6S3/c22-19-4-1-16(28-19)10-25-13-7-14(26-11-17-2-5-20(23)29-17)9-15(8-13)27-12-18-3-6-21(24)30-18/h7-9,16-18H,1-6,10-12H2. The monoisotopic (exact) mass is 468 g/mol. The van der Waals surface area contributed by atoms with Crippen molar-refractivity contribution >= 4 is 50.6 Å². The Hall–Kier alpha value is -1.32. The zero-order valence-electron chi connectivity index (χ0n) is 16.5. The molecule has 162 valence electrons. The number of rotatable bonds is 9. The van der Waals surface area contributed by atoms with Gasteiger partial charge >= 0.3 is 0 Å². The maximum atomic E-state index is 11.5. The van der Waals surface area contributed by atoms with Crippen molar-refractivity contribution in [2.45, 2.75) is 54.3 Å². The average molecular weight is 469 g/mol. The van der Waals surface area contributed by atoms with Gasteiger partial charge < -0.3 is 14.2 Å². The van der Waals surface area contributed by atoms with Crippen LogP contribution in [-0.4, -0.2) is 50.9 Å². The van der Waals surface area contributed by atoms with Crippen LogP contribution in [0.5, 0.6) is 17.2 Å². The molecule has 3 saturated heterocycles. The van der Waals surface area contributed by atoms with Crippen molar-refractivity contribution in [2.24, 2.45) is 0 Å². The third kappa shape index (κ3) is 6.34. The summed E-state index contributed by atoms with van der Waals surface area (Å²) in [4.78, 5) is 34.4. The molecule has 1 aromatic rings. The number of hydrogen-bond acceptors (Lipinski definition) is 9. The summed E-state index contributed by atoms with van der Waals surface area (Å²) in [5, 5.41) is 1.18. The van der Waals surface area contributed by atoms with Gasteiger partial charge in [0.15, 0.2) is 15.3 Å². The first-order chi connectivity index (χ1) is 14.5. The first-order valence-electron chi connectivity index (χ1n) is 10.2. The molecule has 0 amide bonds. The molecular formula is C21H24O6S3. The molecule has 3 heterocycles. The highest BCUT2D eigenvalue weighted by molar-refractivity contribution is 8.15. The van der Waals surface area contributed by atoms with Gasteiger partial charge in [0.25, 0.3) is 0 Å². The highest BCUT2D eigenvalue weighted by Crippen LogP contribution is 2.34. The molecule has 3 unspecified atom stereocenters. The molecule has 0 aromatic heterocycles. The summed E-state index contributed by atoms with van der Waals surface area (Å²) in [6.45, 7) is 1.37. The highest BCUT2D eigenvalue weighted by atomic mass is 32.2. The molecule has 0 radical (unpaired) electrons. The smallest absolute Gasteiger partial charge is 0.189 e. The lowest BCUT2D eigenvalue weighted by Crippen LogP contribution is -2.14. The van der Waals surface area contributed by atoms with Crippen LogP contribution in [-0.2, 0) is 14.4 Å². The van der Waals surface area contributed by atoms with E-state index in [0.29, 0.717) is 56.3 Å². The van der Waals surface area contributed by atoms with Gasteiger partial charge in [-0.05, 0) is 19.3 Å². The van der Waals surface area contributed by atoms with E-state index in [4.69, 9.17) is 14.2 Å². The van der Waals surface area contributed by atoms with Crippen LogP contribution >= 0.6 is 35.3 Å². The predicted molar refractivity (Wildman–Crippen MR) is 120 cm³/mol. The summed E-state index contributed by atoms with van der Waals surface area (Å²) in [6, 6.07) is 5.47. The van der Waals surface area contributed by atoms with Crippen LogP contribution in [0.1, 0.15) is 38.5 Å². The summed E-state index contributed by atoms with van der Waals surface area (Å²) in [5.74, 6) is 1.90. The molecular weight excluding hydrogens is 444 g/mol. The molecule has 3 atom stereocenters. The van der Waals surface area contributed by atoms with Crippen LogP contribution in [0.4, 0.5) is 0 Å². The molecule has 3 aliphatic heterocycles. The van der Waals surface area contributed by atoms with Gasteiger partial charge in [-0.25, -0.2) is 0 Å². The van der Waals surface area contributed by atoms with E-state index in [1.54, 1.807) is 0 Å². The Morgan fingerprint density at radius 3 is 1.13 bits per heavy atom. The van der Waals surface area contributed by atoms with Crippen molar-refractivity contribution in [3.8, 4) is 17.2 Å². The summed E-state index contributed by atoms with van der Waals surface area (Å²) in [6.07, 6.45) is 4.32. The fraction of sp³-hybridized carbons (Fsp3) is 0.571. The topological polar surface area (TPSA) is 78.9 Å². The van der Waals surface area contributed by atoms with Crippen LogP contribution in [0, 0.1) is 0 Å². The van der Waals surface area contributed by atoms with Crippen molar-refractivity contribution in [1.29, 1.82) is 0 Å². The van der Waals surface area contributed by atoms with Gasteiger partial charge in [-0.15, -0.1) is 0 Å². The average Bonchev–Trinajstić information content (AvgIpc) is 3.45. The molecule has 3 aliphatic rings. The van der Waals surface area contributed by atoms with Crippen molar-refractivity contribution in [3.63, 3.8) is 0 Å². The van der Waals surface area contributed by atoms with Crippen molar-refractivity contribution in [1.82, 2.24) is 0 Å². The fourth-order valence-corrected chi connectivity index (χ4v) is 6.40. The molecule has 6 nitrogen and oxygen atoms in total. The summed E-state index contributed by atoms with van der Waals surface area (Å²) < 4.78 is 17.8. The first kappa shape index (κ1) is 21.9. The second-order valence-corrected chi connectivity index (χ2v) is 11.6. The number of thioether (sulfide) groups is 3. The van der Waals surface area contributed by atoms with E-state index in [-0.39, 0.29) is 31.1 Å². The maximum Gasteiger partial charge on any atom is 0.189 e. The summed E-state index contributed by atoms with van der Waals surface area (Å²) in [5.41, 5.74) is 0. The van der Waals surface area contributed by atoms with E-state index in [9.17, 15) is 14.4 Å². The fourth-order valence-electron chi connectivity index (χ4n) is 3.46. The Bertz CT molecular complexity index is 697. The summed E-state index contributed by atoms with van der Waals surface area (Å²) >= 11 is 4.06. The Balaban J connectivity index is 1.38. The number of carbonyl (C=O) groups excluding carboxylic acids is 3. The minimum Gasteiger partial charge on any atom is -0.492 e. The molecule has 4 rings (SSSR count). The van der Waals surface area contributed by atoms with Gasteiger partial charge in [-0.1, -0.05) is 35.3 Å². The van der Waals surface area contributed by atoms with E-state index in [0.717, 1.165) is 19.3 Å². The normalized spacial score (nSPS) is 26.4. The lowest BCUT2D eigenvalue weighted by atomic mass is 10.2. The minimum atomic E-state index is 0.174. The van der Waals surface area contributed by atoms with Gasteiger partial charge in [0.2, 0.25) is 0 Å². The zero-order valence-corrected chi connectivity index (χ0v) is 19.0. The quantitative estimate of drug-likeness (QED) is 0.532. The first-order valence-corrected chi connectivity index (χ1v) is 12.8. The van der Waals surface area contributed by atoms with Gasteiger partial charge in [-0.3, -0.25) is 14.4 Å². The number of hydrogen-bond donors (Lipinski definition) is 0. The third-order valence-corrected chi connectivity index (χ3v) is 8.58. The van der Waals surface area contributed by atoms with Gasteiger partial charge in [0.1, 0.15) is 37.1 Å². The third-order valence-electron chi connectivity index (χ3n) is 5.07. The molecule has 0 bridgehead atoms. The van der Waals surface area contributed by atoms with E-state index >= 15 is 0 Å². The van der Waals surface area contributed by atoms with Crippen LogP contribution in [0.2, 0.25) is 0 Å². The second-order valence-electron chi connectivity index (χ2n) is 7.52. The van der Waals surface area contributed by atoms with E-state index in [2.05, 4.69) is 0 Å². The number of ether oxygens (including phenoxy) is 3. The van der Waals surface area contributed by atoms with Crippen LogP contribution in [0.25, 0.3) is 0 Å². The van der Waals surface area contributed by atoms with Gasteiger partial charge in [0.05, 0.1) is 0 Å². The van der Waals surface area contributed by atoms with E-state index < -0.39 is 0 Å². The molecule has 9 heteroatoms. The minimum absolute atomic E-state index is 0.174. The maximum absolute atomic E-state index is 11.5. The molecule has 3 fully saturated rings. The van der Waals surface area contributed by atoms with Gasteiger partial charge in [0, 0.05) is 53.2 Å². The molecule has 0 aliphatic carbocycles. The predicted octanol–water partition coefficient (Wildman–Crippen LogP) is 4.09. The lowest BCUT2D eigenvalue weighted by Gasteiger charge is -2.16. The van der Waals surface area contributed by atoms with Crippen LogP contribution in [0.15, 0.2) is 18.2 Å². The van der Waals surface area contributed by atoms with Gasteiger partial charge in [-0.2, -0.15) is 0 Å². The molecule has 30 heavy (non-hydrogen) atoms. The van der Waals surface area contributed by atoms with E-state index in [1.165, 1.54) is 35.3 Å². The zero-order chi connectivity index (χ0) is 20.9. The SMILES string of the molecule is O=C1CCC(COc2cc(OCC3CCC(=O)S3)cc(OCC3CCC(=O)S3)c2)S1. The Labute approximate surface area is 188 Å². The number of benzene rings is 1. The van der Waals surface area contributed by atoms with Crippen LogP contribution < -0.4 is 14.2 Å². The Kier molecular flexibility index (Phi) is 7.54. The second kappa shape index (κ2) is 10.3. The van der Waals surface area contributed by atoms with E-state index in [1.807, 2.05) is 18.2 Å². The Morgan fingerprint density at radius 1 is 0.600 bits per heavy atom. The number of carbonyl (C=O) groups is 3. The summed E-state index contributed by atoms with van der Waals surface area (Å²) in [7, 11) is 0. The van der Waals surface area contributed by atoms with Crippen molar-refractivity contribution in [2.75, 3.05) is 19.8 Å². The van der Waals surface area contributed by atoms with Crippen LogP contribution in [0.3, 0.4) is 0 Å². The van der Waals surface area contributed by atoms with Crippen molar-refractivity contribution < 1.29 is 28.6 Å². The lowest BCUT2D eigenvalue weighted by molar-refractivity contribution is -0.111. The molecule has 1 aromatic carbocycles. The molecule has 0 spiro atoms. The Morgan fingerprint density at radius 2 is 0.900 bits per heavy atom.